The van der Waals surface area contributed by atoms with Crippen molar-refractivity contribution in [3.05, 3.63) is 47.8 Å². The Labute approximate surface area is 135 Å². The van der Waals surface area contributed by atoms with Crippen LogP contribution in [-0.2, 0) is 6.54 Å². The predicted octanol–water partition coefficient (Wildman–Crippen LogP) is 3.18. The van der Waals surface area contributed by atoms with Crippen molar-refractivity contribution in [2.24, 2.45) is 0 Å². The van der Waals surface area contributed by atoms with Crippen LogP contribution in [0.3, 0.4) is 0 Å². The maximum Gasteiger partial charge on any atom is 0.252 e. The third kappa shape index (κ3) is 2.70. The molecule has 0 fully saturated rings. The van der Waals surface area contributed by atoms with Gasteiger partial charge in [0.1, 0.15) is 0 Å². The first-order valence-corrected chi connectivity index (χ1v) is 7.86. The largest absolute Gasteiger partial charge is 0.352 e. The number of rotatable bonds is 4. The summed E-state index contributed by atoms with van der Waals surface area (Å²) in [5.74, 6) is -0.0760. The first-order chi connectivity index (χ1) is 11.2. The predicted molar refractivity (Wildman–Crippen MR) is 91.4 cm³/mol. The number of fused-ring (bicyclic) bond motifs is 1. The Morgan fingerprint density at radius 2 is 2.04 bits per heavy atom. The molecule has 118 valence electrons. The quantitative estimate of drug-likeness (QED) is 0.805. The van der Waals surface area contributed by atoms with Crippen LogP contribution in [-0.4, -0.2) is 27.2 Å². The van der Waals surface area contributed by atoms with Gasteiger partial charge in [0.25, 0.3) is 5.91 Å². The molecule has 1 aromatic carbocycles. The summed E-state index contributed by atoms with van der Waals surface area (Å²) in [5, 5.41) is 8.12. The van der Waals surface area contributed by atoms with Gasteiger partial charge in [-0.15, -0.1) is 0 Å². The minimum atomic E-state index is -0.0760. The van der Waals surface area contributed by atoms with Crippen LogP contribution >= 0.6 is 0 Å². The molecule has 0 aliphatic carbocycles. The van der Waals surface area contributed by atoms with E-state index in [2.05, 4.69) is 17.3 Å². The van der Waals surface area contributed by atoms with Crippen LogP contribution in [0.25, 0.3) is 22.2 Å². The van der Waals surface area contributed by atoms with Crippen LogP contribution in [0.15, 0.2) is 36.5 Å². The molecule has 0 radical (unpaired) electrons. The van der Waals surface area contributed by atoms with Crippen molar-refractivity contribution in [2.45, 2.75) is 27.3 Å². The van der Waals surface area contributed by atoms with E-state index in [9.17, 15) is 4.79 Å². The van der Waals surface area contributed by atoms with Crippen LogP contribution in [0.5, 0.6) is 0 Å². The molecule has 3 aromatic rings. The number of carbonyl (C=O) groups excluding carboxylic acids is 1. The van der Waals surface area contributed by atoms with Crippen molar-refractivity contribution in [1.29, 1.82) is 0 Å². The van der Waals surface area contributed by atoms with Crippen molar-refractivity contribution in [3.8, 4) is 11.3 Å². The number of nitrogens with one attached hydrogen (secondary N) is 1. The van der Waals surface area contributed by atoms with E-state index in [-0.39, 0.29) is 5.91 Å². The number of benzene rings is 1. The Hall–Kier alpha value is -2.69. The summed E-state index contributed by atoms with van der Waals surface area (Å²) in [6.07, 6.45) is 1.82. The number of aromatic nitrogens is 3. The molecule has 0 saturated heterocycles. The molecule has 23 heavy (non-hydrogen) atoms. The second-order valence-electron chi connectivity index (χ2n) is 5.39. The number of hydrogen-bond donors (Lipinski definition) is 1. The minimum Gasteiger partial charge on any atom is -0.352 e. The van der Waals surface area contributed by atoms with Gasteiger partial charge in [-0.2, -0.15) is 5.10 Å². The molecule has 0 aliphatic heterocycles. The molecule has 0 atom stereocenters. The molecule has 0 aliphatic rings. The van der Waals surface area contributed by atoms with E-state index < -0.39 is 0 Å². The summed E-state index contributed by atoms with van der Waals surface area (Å²) < 4.78 is 1.93. The van der Waals surface area contributed by atoms with E-state index in [1.807, 2.05) is 55.1 Å². The SMILES string of the molecule is CCNC(=O)c1cc(-c2cnn(CC)c2C)nc2ccccc12. The fourth-order valence-electron chi connectivity index (χ4n) is 2.77. The number of para-hydroxylation sites is 1. The number of carbonyl (C=O) groups is 1. The Bertz CT molecular complexity index is 867. The number of nitrogens with zero attached hydrogens (tertiary/aromatic N) is 3. The lowest BCUT2D eigenvalue weighted by Gasteiger charge is -2.09. The standard InChI is InChI=1S/C18H20N4O/c1-4-19-18(23)14-10-17(15-11-20-22(5-2)12(15)3)21-16-9-7-6-8-13(14)16/h6-11H,4-5H2,1-3H3,(H,19,23). The summed E-state index contributed by atoms with van der Waals surface area (Å²) in [5.41, 5.74) is 4.26. The van der Waals surface area contributed by atoms with E-state index in [1.54, 1.807) is 0 Å². The fourth-order valence-corrected chi connectivity index (χ4v) is 2.77. The molecule has 0 saturated carbocycles. The minimum absolute atomic E-state index is 0.0760. The number of pyridine rings is 1. The monoisotopic (exact) mass is 308 g/mol. The van der Waals surface area contributed by atoms with Gasteiger partial charge in [-0.25, -0.2) is 4.98 Å². The molecule has 5 heteroatoms. The average molecular weight is 308 g/mol. The van der Waals surface area contributed by atoms with Crippen molar-refractivity contribution >= 4 is 16.8 Å². The van der Waals surface area contributed by atoms with Crippen LogP contribution < -0.4 is 5.32 Å². The van der Waals surface area contributed by atoms with Crippen molar-refractivity contribution < 1.29 is 4.79 Å². The lowest BCUT2D eigenvalue weighted by Crippen LogP contribution is -2.23. The fraction of sp³-hybridized carbons (Fsp3) is 0.278. The Morgan fingerprint density at radius 3 is 2.74 bits per heavy atom. The van der Waals surface area contributed by atoms with Crippen molar-refractivity contribution in [3.63, 3.8) is 0 Å². The van der Waals surface area contributed by atoms with Crippen molar-refractivity contribution in [1.82, 2.24) is 20.1 Å². The van der Waals surface area contributed by atoms with E-state index in [1.165, 1.54) is 0 Å². The highest BCUT2D eigenvalue weighted by molar-refractivity contribution is 6.07. The highest BCUT2D eigenvalue weighted by Gasteiger charge is 2.15. The Balaban J connectivity index is 2.22. The zero-order valence-electron chi connectivity index (χ0n) is 13.6. The maximum absolute atomic E-state index is 12.4. The zero-order valence-corrected chi connectivity index (χ0v) is 13.6. The van der Waals surface area contributed by atoms with Gasteiger partial charge in [-0.1, -0.05) is 18.2 Å². The molecule has 0 spiro atoms. The van der Waals surface area contributed by atoms with Gasteiger partial charge in [-0.05, 0) is 32.9 Å². The number of hydrogen-bond acceptors (Lipinski definition) is 3. The van der Waals surface area contributed by atoms with Gasteiger partial charge in [-0.3, -0.25) is 9.48 Å². The first kappa shape index (κ1) is 15.2. The lowest BCUT2D eigenvalue weighted by molar-refractivity contribution is 0.0957. The second kappa shape index (κ2) is 6.20. The summed E-state index contributed by atoms with van der Waals surface area (Å²) >= 11 is 0. The maximum atomic E-state index is 12.4. The second-order valence-corrected chi connectivity index (χ2v) is 5.39. The summed E-state index contributed by atoms with van der Waals surface area (Å²) in [4.78, 5) is 17.2. The normalized spacial score (nSPS) is 10.9. The topological polar surface area (TPSA) is 59.8 Å². The van der Waals surface area contributed by atoms with Crippen molar-refractivity contribution in [2.75, 3.05) is 6.54 Å². The number of amides is 1. The van der Waals surface area contributed by atoms with E-state index >= 15 is 0 Å². The van der Waals surface area contributed by atoms with Gasteiger partial charge < -0.3 is 5.32 Å². The highest BCUT2D eigenvalue weighted by Crippen LogP contribution is 2.27. The molecule has 3 rings (SSSR count). The zero-order chi connectivity index (χ0) is 16.4. The summed E-state index contributed by atoms with van der Waals surface area (Å²) in [6, 6.07) is 9.58. The lowest BCUT2D eigenvalue weighted by atomic mass is 10.0. The van der Waals surface area contributed by atoms with Crippen LogP contribution in [0.4, 0.5) is 0 Å². The smallest absolute Gasteiger partial charge is 0.252 e. The molecular weight excluding hydrogens is 288 g/mol. The molecule has 2 aromatic heterocycles. The highest BCUT2D eigenvalue weighted by atomic mass is 16.1. The van der Waals surface area contributed by atoms with E-state index in [0.29, 0.717) is 12.1 Å². The van der Waals surface area contributed by atoms with Gasteiger partial charge in [0, 0.05) is 29.7 Å². The van der Waals surface area contributed by atoms with Crippen LogP contribution in [0.2, 0.25) is 0 Å². The Morgan fingerprint density at radius 1 is 1.26 bits per heavy atom. The average Bonchev–Trinajstić information content (AvgIpc) is 2.94. The third-order valence-corrected chi connectivity index (χ3v) is 3.98. The Kier molecular flexibility index (Phi) is 4.10. The van der Waals surface area contributed by atoms with Gasteiger partial charge >= 0.3 is 0 Å². The summed E-state index contributed by atoms with van der Waals surface area (Å²) in [7, 11) is 0. The van der Waals surface area contributed by atoms with Gasteiger partial charge in [0.15, 0.2) is 0 Å². The molecular formula is C18H20N4O. The third-order valence-electron chi connectivity index (χ3n) is 3.98. The van der Waals surface area contributed by atoms with Gasteiger partial charge in [0.2, 0.25) is 0 Å². The van der Waals surface area contributed by atoms with Crippen LogP contribution in [0.1, 0.15) is 29.9 Å². The van der Waals surface area contributed by atoms with E-state index in [4.69, 9.17) is 4.98 Å². The molecule has 1 amide bonds. The first-order valence-electron chi connectivity index (χ1n) is 7.86. The van der Waals surface area contributed by atoms with Gasteiger partial charge in [0.05, 0.1) is 23.0 Å². The molecule has 5 nitrogen and oxygen atoms in total. The number of aryl methyl sites for hydroxylation is 1. The molecule has 0 bridgehead atoms. The molecule has 1 N–H and O–H groups in total. The van der Waals surface area contributed by atoms with Crippen LogP contribution in [0, 0.1) is 6.92 Å². The molecule has 0 unspecified atom stereocenters. The summed E-state index contributed by atoms with van der Waals surface area (Å²) in [6.45, 7) is 7.39. The van der Waals surface area contributed by atoms with E-state index in [0.717, 1.165) is 34.4 Å². The molecule has 2 heterocycles.